The average Bonchev–Trinajstić information content (AvgIpc) is 2.68. The predicted molar refractivity (Wildman–Crippen MR) is 51.9 cm³/mol. The molecule has 0 aliphatic rings. The zero-order valence-corrected chi connectivity index (χ0v) is 7.88. The van der Waals surface area contributed by atoms with E-state index in [0.717, 1.165) is 5.69 Å². The zero-order valence-electron chi connectivity index (χ0n) is 7.88. The van der Waals surface area contributed by atoms with E-state index < -0.39 is 0 Å². The van der Waals surface area contributed by atoms with Crippen molar-refractivity contribution >= 4 is 0 Å². The Balaban J connectivity index is 2.25. The SMILES string of the molecule is CNCc1nnn(-c2ccccc2)n1. The van der Waals surface area contributed by atoms with E-state index in [2.05, 4.69) is 20.7 Å². The van der Waals surface area contributed by atoms with E-state index in [1.807, 2.05) is 37.4 Å². The molecule has 72 valence electrons. The van der Waals surface area contributed by atoms with Gasteiger partial charge in [0, 0.05) is 0 Å². The van der Waals surface area contributed by atoms with Crippen molar-refractivity contribution < 1.29 is 0 Å². The van der Waals surface area contributed by atoms with E-state index in [0.29, 0.717) is 12.4 Å². The molecule has 0 atom stereocenters. The molecule has 0 saturated carbocycles. The number of hydrogen-bond donors (Lipinski definition) is 1. The fraction of sp³-hybridized carbons (Fsp3) is 0.222. The lowest BCUT2D eigenvalue weighted by molar-refractivity contribution is 0.711. The summed E-state index contributed by atoms with van der Waals surface area (Å²) in [5.74, 6) is 0.691. The molecule has 14 heavy (non-hydrogen) atoms. The highest BCUT2D eigenvalue weighted by Gasteiger charge is 2.01. The van der Waals surface area contributed by atoms with Gasteiger partial charge in [0.05, 0.1) is 12.2 Å². The molecule has 0 bridgehead atoms. The average molecular weight is 189 g/mol. The zero-order chi connectivity index (χ0) is 9.80. The second-order valence-electron chi connectivity index (χ2n) is 2.86. The molecule has 0 aliphatic carbocycles. The van der Waals surface area contributed by atoms with Crippen LogP contribution in [0.1, 0.15) is 5.82 Å². The maximum absolute atomic E-state index is 4.20. The molecular formula is C9H11N5. The molecule has 0 radical (unpaired) electrons. The Kier molecular flexibility index (Phi) is 2.51. The molecule has 0 spiro atoms. The number of tetrazole rings is 1. The summed E-state index contributed by atoms with van der Waals surface area (Å²) in [5.41, 5.74) is 0.919. The summed E-state index contributed by atoms with van der Waals surface area (Å²) in [4.78, 5) is 1.52. The first-order valence-corrected chi connectivity index (χ1v) is 4.39. The number of hydrogen-bond acceptors (Lipinski definition) is 4. The van der Waals surface area contributed by atoms with Crippen LogP contribution < -0.4 is 5.32 Å². The fourth-order valence-electron chi connectivity index (χ4n) is 1.14. The Hall–Kier alpha value is -1.75. The van der Waals surface area contributed by atoms with Crippen LogP contribution in [-0.2, 0) is 6.54 Å². The first kappa shape index (κ1) is 8.83. The second-order valence-corrected chi connectivity index (χ2v) is 2.86. The second kappa shape index (κ2) is 3.97. The van der Waals surface area contributed by atoms with Gasteiger partial charge in [0.15, 0.2) is 5.82 Å². The summed E-state index contributed by atoms with van der Waals surface area (Å²) in [7, 11) is 1.85. The summed E-state index contributed by atoms with van der Waals surface area (Å²) in [6, 6.07) is 9.71. The van der Waals surface area contributed by atoms with E-state index >= 15 is 0 Å². The number of para-hydroxylation sites is 1. The molecule has 1 heterocycles. The van der Waals surface area contributed by atoms with Crippen LogP contribution in [-0.4, -0.2) is 27.3 Å². The van der Waals surface area contributed by atoms with Crippen molar-refractivity contribution in [3.05, 3.63) is 36.2 Å². The van der Waals surface area contributed by atoms with Gasteiger partial charge in [-0.15, -0.1) is 15.0 Å². The molecule has 1 aromatic heterocycles. The van der Waals surface area contributed by atoms with Crippen molar-refractivity contribution in [3.8, 4) is 5.69 Å². The molecule has 0 aliphatic heterocycles. The minimum atomic E-state index is 0.632. The van der Waals surface area contributed by atoms with Crippen molar-refractivity contribution in [2.24, 2.45) is 0 Å². The Morgan fingerprint density at radius 3 is 2.79 bits per heavy atom. The number of nitrogens with one attached hydrogen (secondary N) is 1. The van der Waals surface area contributed by atoms with Gasteiger partial charge < -0.3 is 5.32 Å². The van der Waals surface area contributed by atoms with E-state index in [-0.39, 0.29) is 0 Å². The lowest BCUT2D eigenvalue weighted by Crippen LogP contribution is -2.07. The van der Waals surface area contributed by atoms with Crippen LogP contribution in [0.25, 0.3) is 5.69 Å². The summed E-state index contributed by atoms with van der Waals surface area (Å²) < 4.78 is 0. The van der Waals surface area contributed by atoms with Gasteiger partial charge in [0.2, 0.25) is 0 Å². The predicted octanol–water partition coefficient (Wildman–Crippen LogP) is 0.382. The molecule has 0 saturated heterocycles. The van der Waals surface area contributed by atoms with Gasteiger partial charge >= 0.3 is 0 Å². The lowest BCUT2D eigenvalue weighted by atomic mass is 10.3. The smallest absolute Gasteiger partial charge is 0.188 e. The van der Waals surface area contributed by atoms with Crippen molar-refractivity contribution in [2.75, 3.05) is 7.05 Å². The van der Waals surface area contributed by atoms with Gasteiger partial charge in [-0.25, -0.2) is 0 Å². The molecule has 2 aromatic rings. The third kappa shape index (κ3) is 1.77. The molecular weight excluding hydrogens is 178 g/mol. The Morgan fingerprint density at radius 2 is 2.07 bits per heavy atom. The van der Waals surface area contributed by atoms with Gasteiger partial charge in [0.1, 0.15) is 0 Å². The van der Waals surface area contributed by atoms with E-state index in [9.17, 15) is 0 Å². The van der Waals surface area contributed by atoms with Gasteiger partial charge in [-0.05, 0) is 24.4 Å². The van der Waals surface area contributed by atoms with Crippen molar-refractivity contribution in [2.45, 2.75) is 6.54 Å². The van der Waals surface area contributed by atoms with Crippen LogP contribution in [0, 0.1) is 0 Å². The molecule has 5 nitrogen and oxygen atoms in total. The third-order valence-corrected chi connectivity index (χ3v) is 1.78. The monoisotopic (exact) mass is 189 g/mol. The Morgan fingerprint density at radius 1 is 1.29 bits per heavy atom. The van der Waals surface area contributed by atoms with Crippen molar-refractivity contribution in [3.63, 3.8) is 0 Å². The van der Waals surface area contributed by atoms with Crippen LogP contribution in [0.2, 0.25) is 0 Å². The van der Waals surface area contributed by atoms with E-state index in [1.165, 1.54) is 4.80 Å². The van der Waals surface area contributed by atoms with E-state index in [1.54, 1.807) is 0 Å². The molecule has 0 unspecified atom stereocenters. The number of nitrogens with zero attached hydrogens (tertiary/aromatic N) is 4. The Bertz CT molecular complexity index is 395. The van der Waals surface area contributed by atoms with Gasteiger partial charge in [-0.3, -0.25) is 0 Å². The van der Waals surface area contributed by atoms with Gasteiger partial charge in [-0.1, -0.05) is 18.2 Å². The maximum atomic E-state index is 4.20. The molecule has 0 amide bonds. The van der Waals surface area contributed by atoms with Crippen LogP contribution in [0.4, 0.5) is 0 Å². The highest BCUT2D eigenvalue weighted by Crippen LogP contribution is 2.02. The van der Waals surface area contributed by atoms with Crippen LogP contribution in [0.15, 0.2) is 30.3 Å². The lowest BCUT2D eigenvalue weighted by Gasteiger charge is -1.95. The molecule has 2 rings (SSSR count). The van der Waals surface area contributed by atoms with Crippen LogP contribution in [0.3, 0.4) is 0 Å². The summed E-state index contributed by atoms with van der Waals surface area (Å²) in [6.45, 7) is 0.632. The summed E-state index contributed by atoms with van der Waals surface area (Å²) in [5, 5.41) is 15.0. The fourth-order valence-corrected chi connectivity index (χ4v) is 1.14. The third-order valence-electron chi connectivity index (χ3n) is 1.78. The number of benzene rings is 1. The highest BCUT2D eigenvalue weighted by molar-refractivity contribution is 5.27. The van der Waals surface area contributed by atoms with Gasteiger partial charge in [-0.2, -0.15) is 0 Å². The molecule has 5 heteroatoms. The number of aromatic nitrogens is 4. The van der Waals surface area contributed by atoms with Gasteiger partial charge in [0.25, 0.3) is 0 Å². The quantitative estimate of drug-likeness (QED) is 0.758. The van der Waals surface area contributed by atoms with E-state index in [4.69, 9.17) is 0 Å². The minimum absolute atomic E-state index is 0.632. The van der Waals surface area contributed by atoms with Crippen molar-refractivity contribution in [1.82, 2.24) is 25.5 Å². The Labute approximate surface area is 81.8 Å². The summed E-state index contributed by atoms with van der Waals surface area (Å²) in [6.07, 6.45) is 0. The first-order valence-electron chi connectivity index (χ1n) is 4.39. The molecule has 0 fully saturated rings. The van der Waals surface area contributed by atoms with Crippen LogP contribution >= 0.6 is 0 Å². The maximum Gasteiger partial charge on any atom is 0.188 e. The highest BCUT2D eigenvalue weighted by atomic mass is 15.6. The standard InChI is InChI=1S/C9H11N5/c1-10-7-9-11-13-14(12-9)8-5-3-2-4-6-8/h2-6,10H,7H2,1H3. The minimum Gasteiger partial charge on any atom is -0.313 e. The summed E-state index contributed by atoms with van der Waals surface area (Å²) >= 11 is 0. The largest absolute Gasteiger partial charge is 0.313 e. The molecule has 1 aromatic carbocycles. The normalized spacial score (nSPS) is 10.4. The first-order chi connectivity index (χ1) is 6.90. The molecule has 1 N–H and O–H groups in total. The topological polar surface area (TPSA) is 55.6 Å². The van der Waals surface area contributed by atoms with Crippen molar-refractivity contribution in [1.29, 1.82) is 0 Å². The van der Waals surface area contributed by atoms with Crippen LogP contribution in [0.5, 0.6) is 0 Å². The number of rotatable bonds is 3.